The number of benzene rings is 1. The molecular formula is C16H23N3O2S. The van der Waals surface area contributed by atoms with Gasteiger partial charge in [0.1, 0.15) is 0 Å². The van der Waals surface area contributed by atoms with Gasteiger partial charge in [-0.25, -0.2) is 0 Å². The van der Waals surface area contributed by atoms with E-state index in [-0.39, 0.29) is 23.0 Å². The fraction of sp³-hybridized carbons (Fsp3) is 0.438. The summed E-state index contributed by atoms with van der Waals surface area (Å²) >= 11 is 5.12. The van der Waals surface area contributed by atoms with Crippen LogP contribution in [0.4, 0.5) is 5.69 Å². The van der Waals surface area contributed by atoms with E-state index < -0.39 is 5.41 Å². The third-order valence-corrected chi connectivity index (χ3v) is 2.91. The number of thiocarbonyl (C=S) groups is 1. The topological polar surface area (TPSA) is 70.2 Å². The van der Waals surface area contributed by atoms with Crippen LogP contribution in [0.5, 0.6) is 0 Å². The molecule has 1 rings (SSSR count). The number of carbonyl (C=O) groups excluding carboxylic acids is 2. The number of nitrogens with one attached hydrogen (secondary N) is 3. The largest absolute Gasteiger partial charge is 0.350 e. The molecule has 0 heterocycles. The predicted molar refractivity (Wildman–Crippen MR) is 92.9 cm³/mol. The van der Waals surface area contributed by atoms with Gasteiger partial charge in [-0.05, 0) is 44.3 Å². The minimum Gasteiger partial charge on any atom is -0.350 e. The van der Waals surface area contributed by atoms with E-state index in [0.717, 1.165) is 0 Å². The average molecular weight is 321 g/mol. The highest BCUT2D eigenvalue weighted by atomic mass is 32.1. The fourth-order valence-corrected chi connectivity index (χ4v) is 1.75. The van der Waals surface area contributed by atoms with Gasteiger partial charge in [0.05, 0.1) is 0 Å². The maximum atomic E-state index is 12.0. The molecule has 120 valence electrons. The lowest BCUT2D eigenvalue weighted by molar-refractivity contribution is -0.126. The molecule has 1 aromatic carbocycles. The number of hydrogen-bond donors (Lipinski definition) is 3. The van der Waals surface area contributed by atoms with Gasteiger partial charge in [0.2, 0.25) is 5.91 Å². The lowest BCUT2D eigenvalue weighted by Crippen LogP contribution is -2.41. The van der Waals surface area contributed by atoms with Crippen molar-refractivity contribution in [1.29, 1.82) is 0 Å². The number of amides is 2. The van der Waals surface area contributed by atoms with Gasteiger partial charge < -0.3 is 16.0 Å². The van der Waals surface area contributed by atoms with Gasteiger partial charge in [0.25, 0.3) is 5.91 Å². The molecule has 0 atom stereocenters. The summed E-state index contributed by atoms with van der Waals surface area (Å²) in [6, 6.07) is 7.01. The summed E-state index contributed by atoms with van der Waals surface area (Å²) in [5.74, 6) is -0.318. The first-order chi connectivity index (χ1) is 10.1. The van der Waals surface area contributed by atoms with Crippen LogP contribution < -0.4 is 16.0 Å². The molecule has 0 saturated heterocycles. The fourth-order valence-electron chi connectivity index (χ4n) is 1.54. The standard InChI is InChI=1S/C16H23N3O2S/c1-10(2)17-13(20)11-7-6-8-12(9-11)18-15(22)19-14(21)16(3,4)5/h6-10H,1-5H3,(H,17,20)(H2,18,19,21,22). The summed E-state index contributed by atoms with van der Waals surface area (Å²) in [7, 11) is 0. The van der Waals surface area contributed by atoms with Crippen molar-refractivity contribution in [3.8, 4) is 0 Å². The van der Waals surface area contributed by atoms with Crippen LogP contribution in [0.15, 0.2) is 24.3 Å². The van der Waals surface area contributed by atoms with E-state index in [4.69, 9.17) is 12.2 Å². The number of hydrogen-bond acceptors (Lipinski definition) is 3. The molecule has 2 amide bonds. The maximum absolute atomic E-state index is 12.0. The van der Waals surface area contributed by atoms with Crippen molar-refractivity contribution in [1.82, 2.24) is 10.6 Å². The molecule has 0 bridgehead atoms. The van der Waals surface area contributed by atoms with Gasteiger partial charge in [0, 0.05) is 22.7 Å². The quantitative estimate of drug-likeness (QED) is 0.749. The highest BCUT2D eigenvalue weighted by molar-refractivity contribution is 7.80. The van der Waals surface area contributed by atoms with E-state index in [9.17, 15) is 9.59 Å². The lowest BCUT2D eigenvalue weighted by Gasteiger charge is -2.18. The predicted octanol–water partition coefficient (Wildman–Crippen LogP) is 2.68. The van der Waals surface area contributed by atoms with Crippen molar-refractivity contribution < 1.29 is 9.59 Å². The van der Waals surface area contributed by atoms with Gasteiger partial charge in [-0.2, -0.15) is 0 Å². The van der Waals surface area contributed by atoms with Gasteiger partial charge in [-0.3, -0.25) is 9.59 Å². The third-order valence-electron chi connectivity index (χ3n) is 2.71. The highest BCUT2D eigenvalue weighted by Gasteiger charge is 2.22. The van der Waals surface area contributed by atoms with Crippen LogP contribution in [0.25, 0.3) is 0 Å². The molecule has 0 fully saturated rings. The van der Waals surface area contributed by atoms with E-state index in [0.29, 0.717) is 11.3 Å². The van der Waals surface area contributed by atoms with Crippen LogP contribution in [-0.2, 0) is 4.79 Å². The highest BCUT2D eigenvalue weighted by Crippen LogP contribution is 2.14. The van der Waals surface area contributed by atoms with Crippen LogP contribution in [0.1, 0.15) is 45.0 Å². The molecule has 22 heavy (non-hydrogen) atoms. The first-order valence-electron chi connectivity index (χ1n) is 7.13. The second-order valence-electron chi connectivity index (χ2n) is 6.37. The zero-order valence-corrected chi connectivity index (χ0v) is 14.4. The Kier molecular flexibility index (Phi) is 6.05. The molecule has 0 aliphatic heterocycles. The Bertz CT molecular complexity index is 577. The maximum Gasteiger partial charge on any atom is 0.251 e. The van der Waals surface area contributed by atoms with Crippen LogP contribution in [0, 0.1) is 5.41 Å². The molecular weight excluding hydrogens is 298 g/mol. The first-order valence-corrected chi connectivity index (χ1v) is 7.54. The van der Waals surface area contributed by atoms with Gasteiger partial charge in [-0.15, -0.1) is 0 Å². The summed E-state index contributed by atoms with van der Waals surface area (Å²) in [4.78, 5) is 23.8. The minimum atomic E-state index is -0.523. The molecule has 0 saturated carbocycles. The molecule has 1 aromatic rings. The van der Waals surface area contributed by atoms with Gasteiger partial charge in [0.15, 0.2) is 5.11 Å². The normalized spacial score (nSPS) is 11.0. The van der Waals surface area contributed by atoms with Crippen LogP contribution in [0.3, 0.4) is 0 Å². The van der Waals surface area contributed by atoms with Crippen molar-refractivity contribution in [2.75, 3.05) is 5.32 Å². The van der Waals surface area contributed by atoms with Crippen LogP contribution >= 0.6 is 12.2 Å². The molecule has 0 aliphatic rings. The Morgan fingerprint density at radius 1 is 1.18 bits per heavy atom. The average Bonchev–Trinajstić information content (AvgIpc) is 2.36. The van der Waals surface area contributed by atoms with E-state index >= 15 is 0 Å². The molecule has 0 aromatic heterocycles. The molecule has 5 nitrogen and oxygen atoms in total. The van der Waals surface area contributed by atoms with Crippen molar-refractivity contribution in [3.05, 3.63) is 29.8 Å². The second kappa shape index (κ2) is 7.35. The van der Waals surface area contributed by atoms with Crippen LogP contribution in [-0.4, -0.2) is 23.0 Å². The second-order valence-corrected chi connectivity index (χ2v) is 6.78. The first kappa shape index (κ1) is 18.1. The van der Waals surface area contributed by atoms with E-state index in [1.165, 1.54) is 0 Å². The monoisotopic (exact) mass is 321 g/mol. The van der Waals surface area contributed by atoms with Crippen LogP contribution in [0.2, 0.25) is 0 Å². The SMILES string of the molecule is CC(C)NC(=O)c1cccc(NC(=S)NC(=O)C(C)(C)C)c1. The smallest absolute Gasteiger partial charge is 0.251 e. The number of anilines is 1. The van der Waals surface area contributed by atoms with Crippen molar-refractivity contribution in [3.63, 3.8) is 0 Å². The lowest BCUT2D eigenvalue weighted by atomic mass is 9.96. The summed E-state index contributed by atoms with van der Waals surface area (Å²) in [6.45, 7) is 9.22. The van der Waals surface area contributed by atoms with Gasteiger partial charge >= 0.3 is 0 Å². The molecule has 0 radical (unpaired) electrons. The summed E-state index contributed by atoms with van der Waals surface area (Å²) in [6.07, 6.45) is 0. The Labute approximate surface area is 136 Å². The molecule has 0 unspecified atom stereocenters. The van der Waals surface area contributed by atoms with Crippen molar-refractivity contribution in [2.24, 2.45) is 5.41 Å². The van der Waals surface area contributed by atoms with Gasteiger partial charge in [-0.1, -0.05) is 26.8 Å². The molecule has 0 spiro atoms. The zero-order valence-electron chi connectivity index (χ0n) is 13.6. The van der Waals surface area contributed by atoms with E-state index in [1.54, 1.807) is 24.3 Å². The summed E-state index contributed by atoms with van der Waals surface area (Å²) < 4.78 is 0. The molecule has 3 N–H and O–H groups in total. The van der Waals surface area contributed by atoms with E-state index in [1.807, 2.05) is 34.6 Å². The summed E-state index contributed by atoms with van der Waals surface area (Å²) in [5.41, 5.74) is 0.657. The zero-order chi connectivity index (χ0) is 16.9. The van der Waals surface area contributed by atoms with Crippen molar-refractivity contribution in [2.45, 2.75) is 40.7 Å². The van der Waals surface area contributed by atoms with Crippen molar-refractivity contribution >= 4 is 34.8 Å². The number of rotatable bonds is 3. The Morgan fingerprint density at radius 3 is 2.36 bits per heavy atom. The minimum absolute atomic E-state index is 0.0660. The Balaban J connectivity index is 2.73. The molecule has 6 heteroatoms. The van der Waals surface area contributed by atoms with E-state index in [2.05, 4.69) is 16.0 Å². The Hall–Kier alpha value is -1.95. The summed E-state index contributed by atoms with van der Waals surface area (Å²) in [5, 5.41) is 8.58. The number of carbonyl (C=O) groups is 2. The Morgan fingerprint density at radius 2 is 1.82 bits per heavy atom. The third kappa shape index (κ3) is 5.81. The molecule has 0 aliphatic carbocycles.